The predicted octanol–water partition coefficient (Wildman–Crippen LogP) is 2.25. The summed E-state index contributed by atoms with van der Waals surface area (Å²) < 4.78 is 39.0. The summed E-state index contributed by atoms with van der Waals surface area (Å²) in [6, 6.07) is 11.8. The average Bonchev–Trinajstić information content (AvgIpc) is 3.00. The minimum absolute atomic E-state index is 0.0306. The Morgan fingerprint density at radius 3 is 2.56 bits per heavy atom. The van der Waals surface area contributed by atoms with Crippen molar-refractivity contribution in [3.63, 3.8) is 0 Å². The predicted molar refractivity (Wildman–Crippen MR) is 98.3 cm³/mol. The Hall–Kier alpha value is -2.58. The van der Waals surface area contributed by atoms with Crippen LogP contribution in [0.25, 0.3) is 0 Å². The van der Waals surface area contributed by atoms with Crippen molar-refractivity contribution in [2.24, 2.45) is 0 Å². The van der Waals surface area contributed by atoms with Crippen molar-refractivity contribution in [2.45, 2.75) is 17.5 Å². The maximum absolute atomic E-state index is 13.5. The van der Waals surface area contributed by atoms with Gasteiger partial charge in [-0.15, -0.1) is 0 Å². The van der Waals surface area contributed by atoms with Crippen molar-refractivity contribution < 1.29 is 22.7 Å². The zero-order valence-electron chi connectivity index (χ0n) is 15.1. The second-order valence-corrected chi connectivity index (χ2v) is 8.30. The summed E-state index contributed by atoms with van der Waals surface area (Å²) in [6.45, 7) is 0.852. The van der Waals surface area contributed by atoms with Crippen LogP contribution in [0.2, 0.25) is 0 Å². The van der Waals surface area contributed by atoms with E-state index in [0.29, 0.717) is 36.4 Å². The maximum Gasteiger partial charge on any atom is 0.255 e. The van der Waals surface area contributed by atoms with E-state index in [-0.39, 0.29) is 16.6 Å². The number of benzene rings is 2. The first-order valence-electron chi connectivity index (χ1n) is 8.63. The van der Waals surface area contributed by atoms with Crippen molar-refractivity contribution in [3.05, 3.63) is 53.6 Å². The minimum Gasteiger partial charge on any atom is -0.497 e. The van der Waals surface area contributed by atoms with Gasteiger partial charge in [-0.05, 0) is 24.6 Å². The van der Waals surface area contributed by atoms with Gasteiger partial charge < -0.3 is 14.4 Å². The van der Waals surface area contributed by atoms with E-state index >= 15 is 0 Å². The second-order valence-electron chi connectivity index (χ2n) is 6.45. The number of carbonyl (C=O) groups excluding carboxylic acids is 1. The Morgan fingerprint density at radius 2 is 1.81 bits per heavy atom. The van der Waals surface area contributed by atoms with Crippen LogP contribution in [0, 0.1) is 0 Å². The Morgan fingerprint density at radius 1 is 1.04 bits per heavy atom. The molecule has 1 unspecified atom stereocenters. The number of methoxy groups -OCH3 is 2. The number of fused-ring (bicyclic) bond motifs is 3. The fourth-order valence-electron chi connectivity index (χ4n) is 3.77. The number of ether oxygens (including phenoxy) is 2. The van der Waals surface area contributed by atoms with Crippen molar-refractivity contribution in [1.29, 1.82) is 0 Å². The molecule has 1 amide bonds. The number of rotatable bonds is 4. The molecule has 4 rings (SSSR count). The van der Waals surface area contributed by atoms with E-state index in [9.17, 15) is 13.2 Å². The molecule has 1 atom stereocenters. The highest BCUT2D eigenvalue weighted by atomic mass is 32.2. The summed E-state index contributed by atoms with van der Waals surface area (Å²) in [5.74, 6) is 0.532. The first kappa shape index (κ1) is 17.8. The lowest BCUT2D eigenvalue weighted by Crippen LogP contribution is -2.48. The highest BCUT2D eigenvalue weighted by Gasteiger charge is 2.47. The normalized spacial score (nSPS) is 19.6. The molecular weight excluding hydrogens is 368 g/mol. The third-order valence-electron chi connectivity index (χ3n) is 5.03. The topological polar surface area (TPSA) is 76.2 Å². The number of amides is 1. The van der Waals surface area contributed by atoms with Crippen LogP contribution in [0.5, 0.6) is 11.5 Å². The fourth-order valence-corrected chi connectivity index (χ4v) is 5.55. The quantitative estimate of drug-likeness (QED) is 0.803. The largest absolute Gasteiger partial charge is 0.497 e. The standard InChI is InChI=1S/C19H20N2O5S/c1-25-13-8-9-16(26-2)17(12-13)27(23,24)21-11-5-10-20-18(21)14-6-3-4-7-15(14)19(20)22/h3-4,6-9,12,18H,5,10-11H2,1-2H3. The fraction of sp³-hybridized carbons (Fsp3) is 0.316. The molecule has 0 bridgehead atoms. The molecule has 1 fully saturated rings. The minimum atomic E-state index is -3.92. The molecule has 2 aliphatic rings. The molecule has 0 saturated carbocycles. The van der Waals surface area contributed by atoms with E-state index in [1.807, 2.05) is 12.1 Å². The van der Waals surface area contributed by atoms with Gasteiger partial charge in [0.15, 0.2) is 0 Å². The average molecular weight is 388 g/mol. The third-order valence-corrected chi connectivity index (χ3v) is 6.91. The van der Waals surface area contributed by atoms with E-state index < -0.39 is 16.2 Å². The second kappa shape index (κ2) is 6.54. The molecule has 8 heteroatoms. The van der Waals surface area contributed by atoms with Crippen molar-refractivity contribution in [3.8, 4) is 11.5 Å². The van der Waals surface area contributed by atoms with E-state index in [4.69, 9.17) is 9.47 Å². The van der Waals surface area contributed by atoms with E-state index in [0.717, 1.165) is 0 Å². The molecule has 1 saturated heterocycles. The van der Waals surface area contributed by atoms with E-state index in [2.05, 4.69) is 0 Å². The van der Waals surface area contributed by atoms with Crippen molar-refractivity contribution in [2.75, 3.05) is 27.3 Å². The Kier molecular flexibility index (Phi) is 4.32. The molecule has 2 heterocycles. The number of carbonyl (C=O) groups is 1. The molecule has 0 spiro atoms. The summed E-state index contributed by atoms with van der Waals surface area (Å²) in [5, 5.41) is 0. The first-order chi connectivity index (χ1) is 13.0. The zero-order chi connectivity index (χ0) is 19.2. The monoisotopic (exact) mass is 388 g/mol. The summed E-state index contributed by atoms with van der Waals surface area (Å²) >= 11 is 0. The van der Waals surface area contributed by atoms with Crippen LogP contribution in [0.15, 0.2) is 47.4 Å². The van der Waals surface area contributed by atoms with Crippen LogP contribution in [-0.4, -0.2) is 50.8 Å². The number of hydrogen-bond donors (Lipinski definition) is 0. The van der Waals surface area contributed by atoms with Gasteiger partial charge in [0.25, 0.3) is 5.91 Å². The zero-order valence-corrected chi connectivity index (χ0v) is 15.9. The highest BCUT2D eigenvalue weighted by Crippen LogP contribution is 2.42. The lowest BCUT2D eigenvalue weighted by molar-refractivity contribution is 0.0470. The molecule has 7 nitrogen and oxygen atoms in total. The molecule has 2 aromatic rings. The van der Waals surface area contributed by atoms with Crippen LogP contribution in [-0.2, 0) is 10.0 Å². The van der Waals surface area contributed by atoms with Gasteiger partial charge >= 0.3 is 0 Å². The van der Waals surface area contributed by atoms with E-state index in [1.54, 1.807) is 29.2 Å². The summed E-state index contributed by atoms with van der Waals surface area (Å²) in [4.78, 5) is 14.4. The van der Waals surface area contributed by atoms with Crippen LogP contribution >= 0.6 is 0 Å². The molecule has 2 aliphatic heterocycles. The molecule has 142 valence electrons. The Balaban J connectivity index is 1.84. The number of nitrogens with zero attached hydrogens (tertiary/aromatic N) is 2. The van der Waals surface area contributed by atoms with Crippen molar-refractivity contribution >= 4 is 15.9 Å². The van der Waals surface area contributed by atoms with Crippen LogP contribution in [0.4, 0.5) is 0 Å². The maximum atomic E-state index is 13.5. The van der Waals surface area contributed by atoms with E-state index in [1.165, 1.54) is 24.6 Å². The third kappa shape index (κ3) is 2.67. The summed E-state index contributed by atoms with van der Waals surface area (Å²) in [7, 11) is -1.02. The summed E-state index contributed by atoms with van der Waals surface area (Å²) in [5.41, 5.74) is 1.27. The van der Waals surface area contributed by atoms with Gasteiger partial charge in [-0.2, -0.15) is 4.31 Å². The van der Waals surface area contributed by atoms with Gasteiger partial charge in [-0.3, -0.25) is 4.79 Å². The Bertz CT molecular complexity index is 1000. The Labute approximate surface area is 158 Å². The van der Waals surface area contributed by atoms with Crippen LogP contribution in [0.3, 0.4) is 0 Å². The van der Waals surface area contributed by atoms with Gasteiger partial charge in [-0.1, -0.05) is 18.2 Å². The molecule has 0 aromatic heterocycles. The number of sulfonamides is 1. The van der Waals surface area contributed by atoms with Crippen LogP contribution in [0.1, 0.15) is 28.5 Å². The molecule has 0 N–H and O–H groups in total. The van der Waals surface area contributed by atoms with Gasteiger partial charge in [0.05, 0.1) is 14.2 Å². The van der Waals surface area contributed by atoms with Gasteiger partial charge in [0.2, 0.25) is 10.0 Å². The smallest absolute Gasteiger partial charge is 0.255 e. The molecule has 2 aromatic carbocycles. The summed E-state index contributed by atoms with van der Waals surface area (Å²) in [6.07, 6.45) is -0.0646. The molecular formula is C19H20N2O5S. The SMILES string of the molecule is COc1ccc(OC)c(S(=O)(=O)N2CCCN3C(=O)c4ccccc4C32)c1. The van der Waals surface area contributed by atoms with Gasteiger partial charge in [-0.25, -0.2) is 8.42 Å². The molecule has 0 radical (unpaired) electrons. The lowest BCUT2D eigenvalue weighted by atomic mass is 10.1. The number of hydrogen-bond acceptors (Lipinski definition) is 5. The van der Waals surface area contributed by atoms with Crippen molar-refractivity contribution in [1.82, 2.24) is 9.21 Å². The first-order valence-corrected chi connectivity index (χ1v) is 10.1. The lowest BCUT2D eigenvalue weighted by Gasteiger charge is -2.39. The molecule has 0 aliphatic carbocycles. The van der Waals surface area contributed by atoms with Gasteiger partial charge in [0.1, 0.15) is 22.6 Å². The van der Waals surface area contributed by atoms with Gasteiger partial charge in [0, 0.05) is 30.3 Å². The molecule has 27 heavy (non-hydrogen) atoms. The van der Waals surface area contributed by atoms with Crippen LogP contribution < -0.4 is 9.47 Å². The highest BCUT2D eigenvalue weighted by molar-refractivity contribution is 7.89.